The molecule has 1 heteroatoms. The number of halogens is 1. The predicted molar refractivity (Wildman–Crippen MR) is 89.0 cm³/mol. The molecule has 0 amide bonds. The van der Waals surface area contributed by atoms with E-state index < -0.39 is 0 Å². The minimum absolute atomic E-state index is 0.0265. The molecular formula is C20H27F. The minimum atomic E-state index is 0.0265. The molecule has 0 radical (unpaired) electrons. The third kappa shape index (κ3) is 5.15. The number of benzene rings is 1. The van der Waals surface area contributed by atoms with E-state index in [1.807, 2.05) is 6.08 Å². The largest absolute Gasteiger partial charge is 0.212 e. The highest BCUT2D eigenvalue weighted by molar-refractivity contribution is 5.26. The molecule has 0 fully saturated rings. The van der Waals surface area contributed by atoms with Gasteiger partial charge < -0.3 is 0 Å². The number of allylic oxidation sites excluding steroid dienone is 4. The molecule has 0 saturated carbocycles. The topological polar surface area (TPSA) is 0 Å². The number of hydrogen-bond acceptors (Lipinski definition) is 0. The molecule has 0 bridgehead atoms. The van der Waals surface area contributed by atoms with Gasteiger partial charge in [-0.1, -0.05) is 49.8 Å². The normalized spacial score (nSPS) is 15.6. The second-order valence-corrected chi connectivity index (χ2v) is 7.06. The zero-order chi connectivity index (χ0) is 15.3. The van der Waals surface area contributed by atoms with Gasteiger partial charge in [-0.3, -0.25) is 0 Å². The Hall–Kier alpha value is -1.37. The van der Waals surface area contributed by atoms with E-state index in [9.17, 15) is 4.39 Å². The SMILES string of the molecule is Cc1ccccc1CC(C)(C)CCCC1=CC=C(F)CC1. The summed E-state index contributed by atoms with van der Waals surface area (Å²) in [5.41, 5.74) is 4.58. The van der Waals surface area contributed by atoms with Crippen molar-refractivity contribution in [3.8, 4) is 0 Å². The third-order valence-electron chi connectivity index (χ3n) is 4.47. The van der Waals surface area contributed by atoms with Crippen LogP contribution in [0.2, 0.25) is 0 Å². The van der Waals surface area contributed by atoms with Crippen LogP contribution in [0.3, 0.4) is 0 Å². The second kappa shape index (κ2) is 7.06. The molecule has 0 unspecified atom stereocenters. The summed E-state index contributed by atoms with van der Waals surface area (Å²) in [7, 11) is 0. The van der Waals surface area contributed by atoms with Crippen molar-refractivity contribution in [3.63, 3.8) is 0 Å². The van der Waals surface area contributed by atoms with Crippen molar-refractivity contribution >= 4 is 0 Å². The van der Waals surface area contributed by atoms with Crippen LogP contribution in [0.1, 0.15) is 57.1 Å². The molecule has 0 N–H and O–H groups in total. The number of aryl methyl sites for hydroxylation is 1. The second-order valence-electron chi connectivity index (χ2n) is 7.06. The first-order chi connectivity index (χ1) is 9.96. The molecule has 0 aliphatic heterocycles. The molecule has 114 valence electrons. The Labute approximate surface area is 128 Å². The Morgan fingerprint density at radius 1 is 1.10 bits per heavy atom. The number of rotatable bonds is 6. The van der Waals surface area contributed by atoms with E-state index >= 15 is 0 Å². The standard InChI is InChI=1S/C20H27F/c1-16-7-4-5-9-18(16)15-20(2,3)14-6-8-17-10-12-19(21)13-11-17/h4-5,7,9-10,12H,6,8,11,13-15H2,1-3H3. The van der Waals surface area contributed by atoms with Gasteiger partial charge in [-0.05, 0) is 61.6 Å². The number of hydrogen-bond donors (Lipinski definition) is 0. The van der Waals surface area contributed by atoms with Gasteiger partial charge in [-0.2, -0.15) is 0 Å². The lowest BCUT2D eigenvalue weighted by Crippen LogP contribution is -2.15. The van der Waals surface area contributed by atoms with Gasteiger partial charge in [0.1, 0.15) is 5.83 Å². The van der Waals surface area contributed by atoms with Gasteiger partial charge in [0.15, 0.2) is 0 Å². The van der Waals surface area contributed by atoms with Crippen LogP contribution in [0.25, 0.3) is 0 Å². The van der Waals surface area contributed by atoms with Crippen molar-refractivity contribution in [2.24, 2.45) is 5.41 Å². The molecule has 0 saturated heterocycles. The van der Waals surface area contributed by atoms with Gasteiger partial charge in [-0.15, -0.1) is 0 Å². The molecule has 1 aromatic rings. The Morgan fingerprint density at radius 3 is 2.52 bits per heavy atom. The zero-order valence-electron chi connectivity index (χ0n) is 13.6. The van der Waals surface area contributed by atoms with Crippen molar-refractivity contribution in [2.45, 2.75) is 59.3 Å². The lowest BCUT2D eigenvalue weighted by molar-refractivity contribution is 0.321. The first kappa shape index (κ1) is 16.0. The highest BCUT2D eigenvalue weighted by Crippen LogP contribution is 2.31. The van der Waals surface area contributed by atoms with E-state index in [1.54, 1.807) is 6.08 Å². The molecule has 0 heterocycles. The Bertz CT molecular complexity index is 535. The third-order valence-corrected chi connectivity index (χ3v) is 4.47. The molecule has 0 nitrogen and oxygen atoms in total. The summed E-state index contributed by atoms with van der Waals surface area (Å²) >= 11 is 0. The van der Waals surface area contributed by atoms with Crippen LogP contribution in [0.5, 0.6) is 0 Å². The van der Waals surface area contributed by atoms with Gasteiger partial charge in [-0.25, -0.2) is 4.39 Å². The highest BCUT2D eigenvalue weighted by Gasteiger charge is 2.19. The van der Waals surface area contributed by atoms with Crippen molar-refractivity contribution in [1.82, 2.24) is 0 Å². The maximum Gasteiger partial charge on any atom is 0.100 e. The maximum absolute atomic E-state index is 13.0. The van der Waals surface area contributed by atoms with E-state index in [2.05, 4.69) is 45.0 Å². The van der Waals surface area contributed by atoms with Crippen molar-refractivity contribution < 1.29 is 4.39 Å². The lowest BCUT2D eigenvalue weighted by Gasteiger charge is -2.26. The van der Waals surface area contributed by atoms with Crippen molar-refractivity contribution in [1.29, 1.82) is 0 Å². The fourth-order valence-corrected chi connectivity index (χ4v) is 3.07. The minimum Gasteiger partial charge on any atom is -0.212 e. The van der Waals surface area contributed by atoms with Gasteiger partial charge in [0, 0.05) is 6.42 Å². The molecule has 21 heavy (non-hydrogen) atoms. The Kier molecular flexibility index (Phi) is 5.39. The summed E-state index contributed by atoms with van der Waals surface area (Å²) < 4.78 is 13.0. The fourth-order valence-electron chi connectivity index (χ4n) is 3.07. The fraction of sp³-hybridized carbons (Fsp3) is 0.500. The lowest BCUT2D eigenvalue weighted by atomic mass is 9.79. The van der Waals surface area contributed by atoms with E-state index in [4.69, 9.17) is 0 Å². The van der Waals surface area contributed by atoms with Crippen LogP contribution in [0, 0.1) is 12.3 Å². The molecule has 1 aliphatic rings. The van der Waals surface area contributed by atoms with Crippen LogP contribution in [0.15, 0.2) is 47.8 Å². The van der Waals surface area contributed by atoms with E-state index in [1.165, 1.54) is 29.5 Å². The summed E-state index contributed by atoms with van der Waals surface area (Å²) in [6.45, 7) is 6.90. The average Bonchev–Trinajstić information content (AvgIpc) is 2.43. The Balaban J connectivity index is 1.83. The molecule has 0 atom stereocenters. The smallest absolute Gasteiger partial charge is 0.100 e. The molecular weight excluding hydrogens is 259 g/mol. The monoisotopic (exact) mass is 286 g/mol. The first-order valence-electron chi connectivity index (χ1n) is 8.05. The molecule has 0 aromatic heterocycles. The molecule has 1 aliphatic carbocycles. The summed E-state index contributed by atoms with van der Waals surface area (Å²) in [4.78, 5) is 0. The quantitative estimate of drug-likeness (QED) is 0.575. The van der Waals surface area contributed by atoms with E-state index in [0.29, 0.717) is 11.8 Å². The van der Waals surface area contributed by atoms with Crippen LogP contribution < -0.4 is 0 Å². The van der Waals surface area contributed by atoms with Gasteiger partial charge in [0.25, 0.3) is 0 Å². The summed E-state index contributed by atoms with van der Waals surface area (Å²) in [6.07, 6.45) is 9.77. The average molecular weight is 286 g/mol. The maximum atomic E-state index is 13.0. The van der Waals surface area contributed by atoms with Crippen LogP contribution in [-0.4, -0.2) is 0 Å². The summed E-state index contributed by atoms with van der Waals surface area (Å²) in [5, 5.41) is 0. The molecule has 1 aromatic carbocycles. The predicted octanol–water partition coefficient (Wildman–Crippen LogP) is 6.31. The van der Waals surface area contributed by atoms with Crippen molar-refractivity contribution in [3.05, 3.63) is 58.9 Å². The van der Waals surface area contributed by atoms with Crippen LogP contribution >= 0.6 is 0 Å². The van der Waals surface area contributed by atoms with Gasteiger partial charge >= 0.3 is 0 Å². The van der Waals surface area contributed by atoms with E-state index in [-0.39, 0.29) is 5.83 Å². The Morgan fingerprint density at radius 2 is 1.86 bits per heavy atom. The molecule has 2 rings (SSSR count). The van der Waals surface area contributed by atoms with Crippen molar-refractivity contribution in [2.75, 3.05) is 0 Å². The van der Waals surface area contributed by atoms with Gasteiger partial charge in [0.2, 0.25) is 0 Å². The van der Waals surface area contributed by atoms with Gasteiger partial charge in [0.05, 0.1) is 0 Å². The van der Waals surface area contributed by atoms with Crippen LogP contribution in [-0.2, 0) is 6.42 Å². The highest BCUT2D eigenvalue weighted by atomic mass is 19.1. The first-order valence-corrected chi connectivity index (χ1v) is 8.05. The summed E-state index contributed by atoms with van der Waals surface area (Å²) in [6, 6.07) is 8.67. The van der Waals surface area contributed by atoms with E-state index in [0.717, 1.165) is 19.3 Å². The van der Waals surface area contributed by atoms with Crippen LogP contribution in [0.4, 0.5) is 4.39 Å². The molecule has 0 spiro atoms. The summed E-state index contributed by atoms with van der Waals surface area (Å²) in [5.74, 6) is 0.0265. The zero-order valence-corrected chi connectivity index (χ0v) is 13.6.